The molecule has 0 aliphatic carbocycles. The molecule has 0 aliphatic heterocycles. The van der Waals surface area contributed by atoms with Crippen molar-refractivity contribution in [2.75, 3.05) is 38.0 Å². The molecule has 0 N–H and O–H groups in total. The highest BCUT2D eigenvalue weighted by molar-refractivity contribution is 9.10. The zero-order chi connectivity index (χ0) is 12.6. The van der Waals surface area contributed by atoms with Gasteiger partial charge in [-0.2, -0.15) is 0 Å². The average molecular weight is 293 g/mol. The van der Waals surface area contributed by atoms with Gasteiger partial charge in [-0.25, -0.2) is 0 Å². The molecule has 2 rings (SSSR count). The van der Waals surface area contributed by atoms with E-state index in [1.54, 1.807) is 0 Å². The maximum absolute atomic E-state index is 3.64. The van der Waals surface area contributed by atoms with E-state index in [0.717, 1.165) is 4.47 Å². The van der Waals surface area contributed by atoms with E-state index < -0.39 is 0 Å². The lowest BCUT2D eigenvalue weighted by molar-refractivity contribution is 1.12. The van der Waals surface area contributed by atoms with Crippen molar-refractivity contribution in [1.29, 1.82) is 0 Å². The van der Waals surface area contributed by atoms with Crippen LogP contribution in [0.5, 0.6) is 0 Å². The van der Waals surface area contributed by atoms with Crippen molar-refractivity contribution in [3.63, 3.8) is 0 Å². The van der Waals surface area contributed by atoms with Crippen molar-refractivity contribution in [3.05, 3.63) is 34.8 Å². The van der Waals surface area contributed by atoms with Crippen LogP contribution in [0.2, 0.25) is 0 Å². The van der Waals surface area contributed by atoms with Crippen LogP contribution in [0.4, 0.5) is 11.4 Å². The van der Waals surface area contributed by atoms with Crippen LogP contribution in [0.1, 0.15) is 0 Å². The van der Waals surface area contributed by atoms with Crippen LogP contribution in [0.25, 0.3) is 10.8 Å². The molecule has 0 saturated carbocycles. The molecule has 17 heavy (non-hydrogen) atoms. The van der Waals surface area contributed by atoms with E-state index in [4.69, 9.17) is 0 Å². The van der Waals surface area contributed by atoms with Gasteiger partial charge in [0.05, 0.1) is 5.69 Å². The summed E-state index contributed by atoms with van der Waals surface area (Å²) in [6.45, 7) is 0. The predicted octanol–water partition coefficient (Wildman–Crippen LogP) is 3.73. The quantitative estimate of drug-likeness (QED) is 0.832. The van der Waals surface area contributed by atoms with Crippen LogP contribution in [0.15, 0.2) is 34.8 Å². The minimum absolute atomic E-state index is 1.13. The normalized spacial score (nSPS) is 10.6. The molecule has 0 unspecified atom stereocenters. The first-order chi connectivity index (χ1) is 8.02. The summed E-state index contributed by atoms with van der Waals surface area (Å²) in [5, 5.41) is 2.56. The average Bonchev–Trinajstić information content (AvgIpc) is 2.27. The highest BCUT2D eigenvalue weighted by Crippen LogP contribution is 2.38. The van der Waals surface area contributed by atoms with Gasteiger partial charge in [0.15, 0.2) is 0 Å². The number of nitrogens with zero attached hydrogens (tertiary/aromatic N) is 2. The van der Waals surface area contributed by atoms with Gasteiger partial charge in [0.1, 0.15) is 0 Å². The van der Waals surface area contributed by atoms with Gasteiger partial charge in [-0.05, 0) is 33.4 Å². The molecule has 2 nitrogen and oxygen atoms in total. The van der Waals surface area contributed by atoms with Gasteiger partial charge < -0.3 is 9.80 Å². The van der Waals surface area contributed by atoms with Crippen molar-refractivity contribution in [2.45, 2.75) is 0 Å². The number of hydrogen-bond acceptors (Lipinski definition) is 2. The second-order valence-electron chi connectivity index (χ2n) is 4.56. The van der Waals surface area contributed by atoms with Gasteiger partial charge >= 0.3 is 0 Å². The zero-order valence-corrected chi connectivity index (χ0v) is 12.2. The monoisotopic (exact) mass is 292 g/mol. The zero-order valence-electron chi connectivity index (χ0n) is 10.7. The van der Waals surface area contributed by atoms with Crippen molar-refractivity contribution in [2.24, 2.45) is 0 Å². The first kappa shape index (κ1) is 12.2. The summed E-state index contributed by atoms with van der Waals surface area (Å²) < 4.78 is 1.13. The van der Waals surface area contributed by atoms with Crippen molar-refractivity contribution < 1.29 is 0 Å². The van der Waals surface area contributed by atoms with E-state index in [2.05, 4.69) is 84.3 Å². The molecule has 0 atom stereocenters. The Labute approximate surface area is 111 Å². The summed E-state index contributed by atoms with van der Waals surface area (Å²) >= 11 is 3.64. The summed E-state index contributed by atoms with van der Waals surface area (Å²) in [5.74, 6) is 0. The minimum Gasteiger partial charge on any atom is -0.377 e. The summed E-state index contributed by atoms with van der Waals surface area (Å²) in [6, 6.07) is 10.7. The molecule has 0 amide bonds. The molecule has 0 fully saturated rings. The number of rotatable bonds is 2. The van der Waals surface area contributed by atoms with Crippen LogP contribution >= 0.6 is 15.9 Å². The second kappa shape index (κ2) is 4.57. The number of halogens is 1. The Balaban J connectivity index is 2.89. The Morgan fingerprint density at radius 1 is 0.882 bits per heavy atom. The minimum atomic E-state index is 1.13. The molecule has 2 aromatic rings. The molecule has 0 bridgehead atoms. The fourth-order valence-corrected chi connectivity index (χ4v) is 2.81. The van der Waals surface area contributed by atoms with Crippen molar-refractivity contribution in [3.8, 4) is 0 Å². The lowest BCUT2D eigenvalue weighted by Crippen LogP contribution is -2.13. The van der Waals surface area contributed by atoms with E-state index in [0.29, 0.717) is 0 Å². The van der Waals surface area contributed by atoms with Gasteiger partial charge in [-0.15, -0.1) is 0 Å². The Kier molecular flexibility index (Phi) is 3.29. The number of fused-ring (bicyclic) bond motifs is 1. The van der Waals surface area contributed by atoms with Crippen molar-refractivity contribution >= 4 is 38.1 Å². The third kappa shape index (κ3) is 2.12. The Morgan fingerprint density at radius 3 is 2.18 bits per heavy atom. The summed E-state index contributed by atoms with van der Waals surface area (Å²) in [7, 11) is 8.31. The summed E-state index contributed by atoms with van der Waals surface area (Å²) in [5.41, 5.74) is 2.47. The molecule has 90 valence electrons. The molecule has 3 heteroatoms. The standard InChI is InChI=1S/C14H17BrN2/c1-16(2)12-7-5-6-10-8-9-11(15)14(13(10)12)17(3)4/h5-9H,1-4H3. The smallest absolute Gasteiger partial charge is 0.0606 e. The molecule has 0 heterocycles. The van der Waals surface area contributed by atoms with Crippen LogP contribution < -0.4 is 9.80 Å². The van der Waals surface area contributed by atoms with E-state index in [1.807, 2.05) is 0 Å². The van der Waals surface area contributed by atoms with Crippen LogP contribution in [-0.4, -0.2) is 28.2 Å². The number of anilines is 2. The molecular formula is C14H17BrN2. The number of hydrogen-bond donors (Lipinski definition) is 0. The molecule has 0 saturated heterocycles. The van der Waals surface area contributed by atoms with Crippen molar-refractivity contribution in [1.82, 2.24) is 0 Å². The molecular weight excluding hydrogens is 276 g/mol. The Morgan fingerprint density at radius 2 is 1.59 bits per heavy atom. The van der Waals surface area contributed by atoms with Crippen LogP contribution in [-0.2, 0) is 0 Å². The maximum atomic E-state index is 3.64. The third-order valence-electron chi connectivity index (χ3n) is 2.88. The predicted molar refractivity (Wildman–Crippen MR) is 80.3 cm³/mol. The summed E-state index contributed by atoms with van der Waals surface area (Å²) in [4.78, 5) is 4.31. The topological polar surface area (TPSA) is 6.48 Å². The molecule has 0 radical (unpaired) electrons. The first-order valence-corrected chi connectivity index (χ1v) is 6.37. The van der Waals surface area contributed by atoms with Gasteiger partial charge in [0.2, 0.25) is 0 Å². The SMILES string of the molecule is CN(C)c1cccc2ccc(Br)c(N(C)C)c12. The second-order valence-corrected chi connectivity index (χ2v) is 5.41. The fraction of sp³-hybridized carbons (Fsp3) is 0.286. The van der Waals surface area contributed by atoms with E-state index in [1.165, 1.54) is 22.1 Å². The van der Waals surface area contributed by atoms with Crippen LogP contribution in [0, 0.1) is 0 Å². The fourth-order valence-electron chi connectivity index (χ4n) is 2.13. The molecule has 0 aliphatic rings. The largest absolute Gasteiger partial charge is 0.377 e. The highest BCUT2D eigenvalue weighted by atomic mass is 79.9. The number of benzene rings is 2. The lowest BCUT2D eigenvalue weighted by Gasteiger charge is -2.22. The summed E-state index contributed by atoms with van der Waals surface area (Å²) in [6.07, 6.45) is 0. The molecule has 2 aromatic carbocycles. The Bertz CT molecular complexity index is 547. The van der Waals surface area contributed by atoms with E-state index >= 15 is 0 Å². The van der Waals surface area contributed by atoms with Gasteiger partial charge in [0.25, 0.3) is 0 Å². The Hall–Kier alpha value is -1.22. The maximum Gasteiger partial charge on any atom is 0.0606 e. The first-order valence-electron chi connectivity index (χ1n) is 5.58. The molecule has 0 spiro atoms. The molecule has 0 aromatic heterocycles. The van der Waals surface area contributed by atoms with E-state index in [9.17, 15) is 0 Å². The van der Waals surface area contributed by atoms with Gasteiger partial charge in [-0.3, -0.25) is 0 Å². The van der Waals surface area contributed by atoms with Crippen LogP contribution in [0.3, 0.4) is 0 Å². The van der Waals surface area contributed by atoms with Gasteiger partial charge in [0, 0.05) is 43.7 Å². The van der Waals surface area contributed by atoms with E-state index in [-0.39, 0.29) is 0 Å². The highest BCUT2D eigenvalue weighted by Gasteiger charge is 2.12. The lowest BCUT2D eigenvalue weighted by atomic mass is 10.1. The third-order valence-corrected chi connectivity index (χ3v) is 3.52. The van der Waals surface area contributed by atoms with Gasteiger partial charge in [-0.1, -0.05) is 18.2 Å².